The number of hydrogen-bond acceptors (Lipinski definition) is 3. The van der Waals surface area contributed by atoms with Crippen molar-refractivity contribution in [3.63, 3.8) is 0 Å². The van der Waals surface area contributed by atoms with E-state index in [1.165, 1.54) is 0 Å². The van der Waals surface area contributed by atoms with Crippen LogP contribution in [0.3, 0.4) is 0 Å². The largest absolute Gasteiger partial charge is 0.537 e. The molecule has 3 nitrogen and oxygen atoms in total. The molecule has 0 heterocycles. The third-order valence-corrected chi connectivity index (χ3v) is 1.16. The van der Waals surface area contributed by atoms with Gasteiger partial charge >= 0.3 is 6.16 Å². The summed E-state index contributed by atoms with van der Waals surface area (Å²) in [6.07, 6.45) is 6.88. The second-order valence-electron chi connectivity index (χ2n) is 2.51. The fourth-order valence-corrected chi connectivity index (χ4v) is 0.528. The van der Waals surface area contributed by atoms with Crippen molar-refractivity contribution in [3.05, 3.63) is 0 Å². The molecule has 0 aliphatic carbocycles. The van der Waals surface area contributed by atoms with Crippen LogP contribution in [-0.2, 0) is 9.47 Å². The number of hydrogen-bond donors (Lipinski definition) is 0. The monoisotopic (exact) mass is 194 g/mol. The summed E-state index contributed by atoms with van der Waals surface area (Å²) in [5.41, 5.74) is 0. The Morgan fingerprint density at radius 1 is 1.00 bits per heavy atom. The Kier molecular flexibility index (Phi) is 8.39. The highest BCUT2D eigenvalue weighted by Gasteiger charge is 1.97. The van der Waals surface area contributed by atoms with Crippen molar-refractivity contribution >= 4 is 6.16 Å². The van der Waals surface area contributed by atoms with Crippen LogP contribution >= 0.6 is 0 Å². The minimum absolute atomic E-state index is 0.703. The zero-order valence-electron chi connectivity index (χ0n) is 8.55. The van der Waals surface area contributed by atoms with E-state index in [0.717, 1.165) is 12.8 Å². The molecule has 0 aromatic carbocycles. The first-order valence-corrected chi connectivity index (χ1v) is 4.64. The van der Waals surface area contributed by atoms with Crippen molar-refractivity contribution < 1.29 is 14.3 Å². The molecule has 0 saturated heterocycles. The van der Waals surface area contributed by atoms with Crippen LogP contribution in [0, 0.1) is 24.1 Å². The summed E-state index contributed by atoms with van der Waals surface area (Å²) in [6.45, 7) is 3.98. The minimum atomic E-state index is -0.864. The smallest absolute Gasteiger partial charge is 0.340 e. The Bertz CT molecular complexity index is 244. The molecule has 3 heteroatoms. The number of carbonyl (C=O) groups is 1. The Hall–Kier alpha value is -1.61. The molecule has 0 atom stereocenters. The highest BCUT2D eigenvalue weighted by molar-refractivity contribution is 5.62. The van der Waals surface area contributed by atoms with Crippen LogP contribution in [-0.4, -0.2) is 6.16 Å². The van der Waals surface area contributed by atoms with Gasteiger partial charge in [-0.05, 0) is 12.8 Å². The molecule has 0 spiro atoms. The van der Waals surface area contributed by atoms with E-state index >= 15 is 0 Å². The Morgan fingerprint density at radius 3 is 1.79 bits per heavy atom. The molecule has 0 amide bonds. The normalized spacial score (nSPS) is 7.57. The predicted octanol–water partition coefficient (Wildman–Crippen LogP) is 2.66. The Labute approximate surface area is 84.8 Å². The average molecular weight is 194 g/mol. The van der Waals surface area contributed by atoms with Gasteiger partial charge in [0.2, 0.25) is 0 Å². The van der Waals surface area contributed by atoms with E-state index in [2.05, 4.69) is 33.5 Å². The number of carbonyl (C=O) groups excluding carboxylic acids is 1. The molecular formula is C11H14O3. The standard InChI is InChI=1S/C11H14O3/c1-3-5-7-9-13-11(12)14-10-8-6-4-2/h3-6H2,1-2H3. The van der Waals surface area contributed by atoms with E-state index in [1.807, 2.05) is 13.8 Å². The van der Waals surface area contributed by atoms with E-state index in [9.17, 15) is 4.79 Å². The fourth-order valence-electron chi connectivity index (χ4n) is 0.528. The van der Waals surface area contributed by atoms with Crippen LogP contribution in [0.15, 0.2) is 0 Å². The molecule has 0 unspecified atom stereocenters. The first-order valence-electron chi connectivity index (χ1n) is 4.64. The van der Waals surface area contributed by atoms with Gasteiger partial charge in [-0.25, -0.2) is 4.79 Å². The maximum absolute atomic E-state index is 10.7. The first-order chi connectivity index (χ1) is 6.81. The Morgan fingerprint density at radius 2 is 1.43 bits per heavy atom. The van der Waals surface area contributed by atoms with Crippen LogP contribution < -0.4 is 0 Å². The molecule has 0 saturated carbocycles. The SMILES string of the molecule is CCCC#COC(=O)OC#CCCC. The summed E-state index contributed by atoms with van der Waals surface area (Å²) in [5, 5.41) is 0. The second-order valence-corrected chi connectivity index (χ2v) is 2.51. The van der Waals surface area contributed by atoms with Gasteiger partial charge in [-0.15, -0.1) is 0 Å². The van der Waals surface area contributed by atoms with E-state index in [0.29, 0.717) is 12.8 Å². The van der Waals surface area contributed by atoms with Crippen LogP contribution in [0.4, 0.5) is 4.79 Å². The third-order valence-electron chi connectivity index (χ3n) is 1.16. The molecular weight excluding hydrogens is 180 g/mol. The van der Waals surface area contributed by atoms with Crippen LogP contribution in [0.5, 0.6) is 0 Å². The van der Waals surface area contributed by atoms with Gasteiger partial charge in [-0.1, -0.05) is 25.7 Å². The zero-order chi connectivity index (χ0) is 10.6. The van der Waals surface area contributed by atoms with Gasteiger partial charge in [0.15, 0.2) is 0 Å². The molecule has 0 rings (SSSR count). The van der Waals surface area contributed by atoms with Crippen molar-refractivity contribution in [3.8, 4) is 24.1 Å². The summed E-state index contributed by atoms with van der Waals surface area (Å²) in [4.78, 5) is 10.7. The van der Waals surface area contributed by atoms with Gasteiger partial charge in [0.1, 0.15) is 12.2 Å². The first kappa shape index (κ1) is 12.4. The zero-order valence-corrected chi connectivity index (χ0v) is 8.55. The lowest BCUT2D eigenvalue weighted by Crippen LogP contribution is -1.98. The van der Waals surface area contributed by atoms with Crippen molar-refractivity contribution in [1.29, 1.82) is 0 Å². The summed E-state index contributed by atoms with van der Waals surface area (Å²) in [5.74, 6) is 5.29. The minimum Gasteiger partial charge on any atom is -0.340 e. The molecule has 0 aromatic heterocycles. The summed E-state index contributed by atoms with van der Waals surface area (Å²) in [6, 6.07) is 0. The van der Waals surface area contributed by atoms with E-state index in [-0.39, 0.29) is 0 Å². The molecule has 0 fully saturated rings. The second kappa shape index (κ2) is 9.48. The summed E-state index contributed by atoms with van der Waals surface area (Å²) < 4.78 is 8.80. The number of unbranched alkanes of at least 4 members (excludes halogenated alkanes) is 2. The molecule has 76 valence electrons. The number of ether oxygens (including phenoxy) is 2. The van der Waals surface area contributed by atoms with Crippen LogP contribution in [0.2, 0.25) is 0 Å². The van der Waals surface area contributed by atoms with Crippen molar-refractivity contribution in [2.24, 2.45) is 0 Å². The van der Waals surface area contributed by atoms with Gasteiger partial charge in [-0.2, -0.15) is 0 Å². The Balaban J connectivity index is 3.58. The van der Waals surface area contributed by atoms with Gasteiger partial charge < -0.3 is 9.47 Å². The van der Waals surface area contributed by atoms with Crippen LogP contribution in [0.25, 0.3) is 0 Å². The average Bonchev–Trinajstić information content (AvgIpc) is 2.19. The lowest BCUT2D eigenvalue weighted by atomic mass is 10.4. The van der Waals surface area contributed by atoms with E-state index in [4.69, 9.17) is 0 Å². The fraction of sp³-hybridized carbons (Fsp3) is 0.545. The molecule has 0 N–H and O–H groups in total. The predicted molar refractivity (Wildman–Crippen MR) is 52.9 cm³/mol. The van der Waals surface area contributed by atoms with Crippen molar-refractivity contribution in [2.75, 3.05) is 0 Å². The van der Waals surface area contributed by atoms with Gasteiger partial charge in [0, 0.05) is 12.8 Å². The van der Waals surface area contributed by atoms with Crippen molar-refractivity contribution in [2.45, 2.75) is 39.5 Å². The van der Waals surface area contributed by atoms with Gasteiger partial charge in [0.25, 0.3) is 0 Å². The summed E-state index contributed by atoms with van der Waals surface area (Å²) in [7, 11) is 0. The lowest BCUT2D eigenvalue weighted by Gasteiger charge is -1.88. The molecule has 0 radical (unpaired) electrons. The highest BCUT2D eigenvalue weighted by atomic mass is 16.7. The van der Waals surface area contributed by atoms with Crippen molar-refractivity contribution in [1.82, 2.24) is 0 Å². The van der Waals surface area contributed by atoms with Gasteiger partial charge in [-0.3, -0.25) is 0 Å². The maximum atomic E-state index is 10.7. The van der Waals surface area contributed by atoms with Gasteiger partial charge in [0.05, 0.1) is 0 Å². The number of rotatable bonds is 2. The molecule has 0 aliphatic heterocycles. The maximum Gasteiger partial charge on any atom is 0.537 e. The molecule has 0 aromatic rings. The lowest BCUT2D eigenvalue weighted by molar-refractivity contribution is 0.132. The van der Waals surface area contributed by atoms with E-state index in [1.54, 1.807) is 0 Å². The van der Waals surface area contributed by atoms with E-state index < -0.39 is 6.16 Å². The quantitative estimate of drug-likeness (QED) is 0.500. The summed E-state index contributed by atoms with van der Waals surface area (Å²) >= 11 is 0. The van der Waals surface area contributed by atoms with Crippen LogP contribution in [0.1, 0.15) is 39.5 Å². The topological polar surface area (TPSA) is 35.5 Å². The third kappa shape index (κ3) is 8.49. The highest BCUT2D eigenvalue weighted by Crippen LogP contribution is 1.86. The molecule has 14 heavy (non-hydrogen) atoms. The molecule has 0 bridgehead atoms. The molecule has 0 aliphatic rings.